The molecule has 5 aliphatic rings. The minimum atomic E-state index is 0.371. The first-order chi connectivity index (χ1) is 14.8. The van der Waals surface area contributed by atoms with Crippen LogP contribution in [0.1, 0.15) is 71.9 Å². The topological polar surface area (TPSA) is 37.2 Å². The van der Waals surface area contributed by atoms with Crippen molar-refractivity contribution in [2.75, 3.05) is 26.7 Å². The van der Waals surface area contributed by atoms with Crippen LogP contribution in [0.15, 0.2) is 10.1 Å². The summed E-state index contributed by atoms with van der Waals surface area (Å²) in [5, 5.41) is 4.88. The summed E-state index contributed by atoms with van der Waals surface area (Å²) in [5.41, 5.74) is 9.23. The van der Waals surface area contributed by atoms with Gasteiger partial charge in [-0.05, 0) is 119 Å². The highest BCUT2D eigenvalue weighted by atomic mass is 16.6. The molecule has 4 aliphatic carbocycles. The second-order valence-corrected chi connectivity index (χ2v) is 11.3. The van der Waals surface area contributed by atoms with Crippen LogP contribution in [0.3, 0.4) is 0 Å². The normalized spacial score (nSPS) is 32.1. The molecular formula is C27H39N3O. The molecule has 1 aromatic carbocycles. The van der Waals surface area contributed by atoms with Gasteiger partial charge in [-0.25, -0.2) is 0 Å². The lowest BCUT2D eigenvalue weighted by atomic mass is 9.50. The number of benzene rings is 1. The van der Waals surface area contributed by atoms with Gasteiger partial charge in [-0.15, -0.1) is 0 Å². The smallest absolute Gasteiger partial charge is 0.153 e. The Morgan fingerprint density at radius 1 is 0.903 bits per heavy atom. The van der Waals surface area contributed by atoms with Crippen LogP contribution in [0.25, 0.3) is 0 Å². The van der Waals surface area contributed by atoms with E-state index >= 15 is 0 Å². The van der Waals surface area contributed by atoms with Crippen molar-refractivity contribution in [1.29, 1.82) is 0 Å². The van der Waals surface area contributed by atoms with Gasteiger partial charge in [-0.1, -0.05) is 5.16 Å². The summed E-state index contributed by atoms with van der Waals surface area (Å²) in [4.78, 5) is 13.4. The van der Waals surface area contributed by atoms with Crippen molar-refractivity contribution in [2.45, 2.75) is 73.1 Å². The van der Waals surface area contributed by atoms with Gasteiger partial charge < -0.3 is 9.74 Å². The summed E-state index contributed by atoms with van der Waals surface area (Å²) >= 11 is 0. The molecule has 0 unspecified atom stereocenters. The molecule has 0 spiro atoms. The molecular weight excluding hydrogens is 382 g/mol. The van der Waals surface area contributed by atoms with E-state index in [4.69, 9.17) is 15.0 Å². The third kappa shape index (κ3) is 3.50. The number of oxime groups is 1. The van der Waals surface area contributed by atoms with Crippen molar-refractivity contribution in [2.24, 2.45) is 33.3 Å². The van der Waals surface area contributed by atoms with Gasteiger partial charge in [0.05, 0.1) is 6.54 Å². The minimum Gasteiger partial charge on any atom is -0.395 e. The summed E-state index contributed by atoms with van der Waals surface area (Å²) in [7, 11) is 2.12. The first-order valence-corrected chi connectivity index (χ1v) is 12.3. The number of hydrogen-bond acceptors (Lipinski definition) is 4. The monoisotopic (exact) mass is 421 g/mol. The van der Waals surface area contributed by atoms with Gasteiger partial charge >= 0.3 is 0 Å². The van der Waals surface area contributed by atoms with E-state index in [0.29, 0.717) is 5.41 Å². The van der Waals surface area contributed by atoms with E-state index in [-0.39, 0.29) is 0 Å². The highest BCUT2D eigenvalue weighted by molar-refractivity contribution is 6.48. The Hall–Kier alpha value is -1.84. The van der Waals surface area contributed by atoms with Crippen molar-refractivity contribution in [1.82, 2.24) is 4.90 Å². The lowest BCUT2D eigenvalue weighted by molar-refractivity contribution is -0.0958. The molecule has 4 bridgehead atoms. The maximum atomic E-state index is 6.30. The lowest BCUT2D eigenvalue weighted by Crippen LogP contribution is -2.48. The van der Waals surface area contributed by atoms with Gasteiger partial charge in [0, 0.05) is 24.6 Å². The molecule has 4 nitrogen and oxygen atoms in total. The van der Waals surface area contributed by atoms with Crippen molar-refractivity contribution in [3.05, 3.63) is 33.4 Å². The van der Waals surface area contributed by atoms with E-state index in [9.17, 15) is 0 Å². The Balaban J connectivity index is 1.48. The zero-order valence-corrected chi connectivity index (χ0v) is 20.3. The standard InChI is InChI=1S/C27H39N3O/c1-16-17(2)19(4)24(20(5)18(16)3)25(26-28-7-8-30(26)6)29-31-15-27-12-21-9-22(13-27)11-23(10-21)14-27/h21-23H,7-15H2,1-6H3. The van der Waals surface area contributed by atoms with Crippen LogP contribution in [-0.4, -0.2) is 43.2 Å². The van der Waals surface area contributed by atoms with Gasteiger partial charge in [0.25, 0.3) is 0 Å². The molecule has 31 heavy (non-hydrogen) atoms. The summed E-state index contributed by atoms with van der Waals surface area (Å²) in [6.45, 7) is 13.7. The number of rotatable bonds is 5. The van der Waals surface area contributed by atoms with Gasteiger partial charge in [0.15, 0.2) is 11.5 Å². The summed E-state index contributed by atoms with van der Waals surface area (Å²) in [5.74, 6) is 3.81. The first kappa shape index (κ1) is 21.0. The molecule has 0 saturated heterocycles. The minimum absolute atomic E-state index is 0.371. The largest absolute Gasteiger partial charge is 0.395 e. The van der Waals surface area contributed by atoms with E-state index in [2.05, 4.69) is 46.6 Å². The molecule has 1 heterocycles. The Morgan fingerprint density at radius 3 is 1.90 bits per heavy atom. The molecule has 1 aromatic rings. The fourth-order valence-electron chi connectivity index (χ4n) is 7.54. The van der Waals surface area contributed by atoms with Crippen molar-refractivity contribution >= 4 is 11.5 Å². The molecule has 0 amide bonds. The van der Waals surface area contributed by atoms with Crippen LogP contribution in [0.4, 0.5) is 0 Å². The van der Waals surface area contributed by atoms with Crippen molar-refractivity contribution in [3.63, 3.8) is 0 Å². The third-order valence-corrected chi connectivity index (χ3v) is 9.20. The molecule has 6 rings (SSSR count). The Labute approximate surface area is 188 Å². The average Bonchev–Trinajstić information content (AvgIpc) is 3.14. The van der Waals surface area contributed by atoms with Crippen molar-refractivity contribution < 1.29 is 4.84 Å². The van der Waals surface area contributed by atoms with E-state index in [1.807, 2.05) is 0 Å². The summed E-state index contributed by atoms with van der Waals surface area (Å²) in [6, 6.07) is 0. The predicted molar refractivity (Wildman–Crippen MR) is 128 cm³/mol. The highest BCUT2D eigenvalue weighted by Crippen LogP contribution is 2.60. The highest BCUT2D eigenvalue weighted by Gasteiger charge is 2.51. The van der Waals surface area contributed by atoms with Crippen molar-refractivity contribution in [3.8, 4) is 0 Å². The molecule has 4 heteroatoms. The van der Waals surface area contributed by atoms with Crippen LogP contribution in [-0.2, 0) is 4.84 Å². The number of aliphatic imine (C=N–C) groups is 1. The van der Waals surface area contributed by atoms with Crippen LogP contribution >= 0.6 is 0 Å². The molecule has 0 radical (unpaired) electrons. The van der Waals surface area contributed by atoms with Crippen LogP contribution in [0.5, 0.6) is 0 Å². The van der Waals surface area contributed by atoms with Gasteiger partial charge in [0.1, 0.15) is 6.61 Å². The van der Waals surface area contributed by atoms with Crippen LogP contribution in [0.2, 0.25) is 0 Å². The van der Waals surface area contributed by atoms with Gasteiger partial charge in [0.2, 0.25) is 0 Å². The predicted octanol–water partition coefficient (Wildman–Crippen LogP) is 5.51. The lowest BCUT2D eigenvalue weighted by Gasteiger charge is -2.56. The number of likely N-dealkylation sites (N-methyl/N-ethyl adjacent to an activating group) is 1. The molecule has 1 aliphatic heterocycles. The number of hydrogen-bond donors (Lipinski definition) is 0. The Bertz CT molecular complexity index is 893. The molecule has 0 atom stereocenters. The fourth-order valence-corrected chi connectivity index (χ4v) is 7.54. The summed E-state index contributed by atoms with van der Waals surface area (Å²) < 4.78 is 0. The molecule has 0 aromatic heterocycles. The molecule has 4 fully saturated rings. The van der Waals surface area contributed by atoms with Crippen LogP contribution < -0.4 is 0 Å². The SMILES string of the molecule is Cc1c(C)c(C)c(C(=NOCC23CC4CC(CC(C4)C2)C3)C2=NCCN2C)c(C)c1C. The zero-order chi connectivity index (χ0) is 21.9. The Kier molecular flexibility index (Phi) is 5.18. The second-order valence-electron chi connectivity index (χ2n) is 11.3. The Morgan fingerprint density at radius 2 is 1.42 bits per heavy atom. The zero-order valence-electron chi connectivity index (χ0n) is 20.3. The molecule has 4 saturated carbocycles. The summed E-state index contributed by atoms with van der Waals surface area (Å²) in [6.07, 6.45) is 8.46. The quantitative estimate of drug-likeness (QED) is 0.464. The van der Waals surface area contributed by atoms with Crippen LogP contribution in [0, 0.1) is 57.8 Å². The maximum Gasteiger partial charge on any atom is 0.153 e. The van der Waals surface area contributed by atoms with E-state index < -0.39 is 0 Å². The second kappa shape index (κ2) is 7.64. The van der Waals surface area contributed by atoms with Gasteiger partial charge in [-0.2, -0.15) is 0 Å². The number of amidine groups is 1. The molecule has 0 N–H and O–H groups in total. The number of nitrogens with zero attached hydrogens (tertiary/aromatic N) is 3. The van der Waals surface area contributed by atoms with E-state index in [1.54, 1.807) is 0 Å². The first-order valence-electron chi connectivity index (χ1n) is 12.3. The third-order valence-electron chi connectivity index (χ3n) is 9.20. The average molecular weight is 422 g/mol. The van der Waals surface area contributed by atoms with Gasteiger partial charge in [-0.3, -0.25) is 4.99 Å². The van der Waals surface area contributed by atoms with E-state index in [0.717, 1.165) is 49.0 Å². The maximum absolute atomic E-state index is 6.30. The van der Waals surface area contributed by atoms with E-state index in [1.165, 1.54) is 71.9 Å². The molecule has 168 valence electrons. The fraction of sp³-hybridized carbons (Fsp3) is 0.704.